The molecule has 3 rings (SSSR count). The number of rotatable bonds is 2. The Balaban J connectivity index is 1.88. The van der Waals surface area contributed by atoms with E-state index in [1.165, 1.54) is 12.5 Å². The zero-order valence-corrected chi connectivity index (χ0v) is 12.3. The minimum atomic E-state index is -0.562. The lowest BCUT2D eigenvalue weighted by molar-refractivity contribution is -0.385. The summed E-state index contributed by atoms with van der Waals surface area (Å²) in [4.78, 5) is 28.6. The van der Waals surface area contributed by atoms with Gasteiger partial charge in [-0.2, -0.15) is 0 Å². The van der Waals surface area contributed by atoms with Crippen molar-refractivity contribution >= 4 is 23.2 Å². The monoisotopic (exact) mass is 309 g/mol. The molecule has 1 saturated heterocycles. The fraction of sp³-hybridized carbons (Fsp3) is 0.571. The molecular formula is C14H16ClN3O3. The minimum Gasteiger partial charge on any atom is -0.335 e. The molecule has 2 heterocycles. The lowest BCUT2D eigenvalue weighted by Crippen LogP contribution is -2.39. The Labute approximate surface area is 127 Å². The summed E-state index contributed by atoms with van der Waals surface area (Å²) in [7, 11) is 0. The van der Waals surface area contributed by atoms with Gasteiger partial charge in [-0.15, -0.1) is 0 Å². The van der Waals surface area contributed by atoms with Crippen molar-refractivity contribution in [2.24, 2.45) is 5.92 Å². The van der Waals surface area contributed by atoms with Crippen molar-refractivity contribution in [1.82, 2.24) is 9.88 Å². The number of halogens is 1. The molecule has 1 aromatic rings. The number of amides is 1. The third kappa shape index (κ3) is 2.60. The zero-order valence-electron chi connectivity index (χ0n) is 11.5. The van der Waals surface area contributed by atoms with Gasteiger partial charge in [-0.3, -0.25) is 14.9 Å². The van der Waals surface area contributed by atoms with E-state index in [2.05, 4.69) is 4.98 Å². The van der Waals surface area contributed by atoms with Gasteiger partial charge >= 0.3 is 0 Å². The van der Waals surface area contributed by atoms with Crippen molar-refractivity contribution in [3.8, 4) is 0 Å². The first kappa shape index (κ1) is 14.3. The number of carbonyl (C=O) groups excluding carboxylic acids is 1. The van der Waals surface area contributed by atoms with E-state index >= 15 is 0 Å². The van der Waals surface area contributed by atoms with E-state index in [1.54, 1.807) is 0 Å². The molecule has 1 aliphatic carbocycles. The summed E-state index contributed by atoms with van der Waals surface area (Å²) in [5.41, 5.74) is -0.0702. The van der Waals surface area contributed by atoms with E-state index in [0.717, 1.165) is 31.9 Å². The molecule has 1 aromatic heterocycles. The predicted octanol–water partition coefficient (Wildman–Crippen LogP) is 3.05. The quantitative estimate of drug-likeness (QED) is 0.478. The Morgan fingerprint density at radius 1 is 1.38 bits per heavy atom. The summed E-state index contributed by atoms with van der Waals surface area (Å²) in [5, 5.41) is 10.9. The summed E-state index contributed by atoms with van der Waals surface area (Å²) in [6, 6.07) is 1.48. The number of hydrogen-bond donors (Lipinski definition) is 0. The first-order valence-electron chi connectivity index (χ1n) is 7.19. The average molecular weight is 310 g/mol. The third-order valence-corrected chi connectivity index (χ3v) is 4.84. The summed E-state index contributed by atoms with van der Waals surface area (Å²) in [6.07, 6.45) is 6.61. The molecule has 7 heteroatoms. The molecule has 0 bridgehead atoms. The standard InChI is InChI=1S/C14H16ClN3O3/c15-13-11(7-10(8-16-13)18(20)21)14(19)17-6-5-9-3-1-2-4-12(9)17/h7-9,12H,1-6H2. The molecule has 0 aromatic carbocycles. The van der Waals surface area contributed by atoms with Gasteiger partial charge < -0.3 is 4.90 Å². The second-order valence-corrected chi connectivity index (χ2v) is 6.05. The number of fused-ring (bicyclic) bond motifs is 1. The number of likely N-dealkylation sites (tertiary alicyclic amines) is 1. The molecule has 1 amide bonds. The van der Waals surface area contributed by atoms with Gasteiger partial charge in [0.25, 0.3) is 11.6 Å². The molecule has 112 valence electrons. The molecule has 21 heavy (non-hydrogen) atoms. The second-order valence-electron chi connectivity index (χ2n) is 5.69. The number of nitro groups is 1. The topological polar surface area (TPSA) is 76.3 Å². The van der Waals surface area contributed by atoms with Crippen molar-refractivity contribution in [3.05, 3.63) is 33.1 Å². The first-order chi connectivity index (χ1) is 10.1. The Morgan fingerprint density at radius 2 is 2.14 bits per heavy atom. The summed E-state index contributed by atoms with van der Waals surface area (Å²) < 4.78 is 0. The van der Waals surface area contributed by atoms with Crippen LogP contribution >= 0.6 is 11.6 Å². The highest BCUT2D eigenvalue weighted by Crippen LogP contribution is 2.37. The van der Waals surface area contributed by atoms with Crippen LogP contribution in [0.3, 0.4) is 0 Å². The first-order valence-corrected chi connectivity index (χ1v) is 7.56. The molecule has 1 saturated carbocycles. The number of pyridine rings is 1. The van der Waals surface area contributed by atoms with Crippen molar-refractivity contribution < 1.29 is 9.72 Å². The lowest BCUT2D eigenvalue weighted by Gasteiger charge is -2.31. The van der Waals surface area contributed by atoms with Crippen LogP contribution in [0.5, 0.6) is 0 Å². The van der Waals surface area contributed by atoms with Crippen LogP contribution < -0.4 is 0 Å². The number of nitrogens with zero attached hydrogens (tertiary/aromatic N) is 3. The van der Waals surface area contributed by atoms with Gasteiger partial charge in [-0.05, 0) is 25.2 Å². The molecular weight excluding hydrogens is 294 g/mol. The second kappa shape index (κ2) is 5.60. The van der Waals surface area contributed by atoms with Crippen LogP contribution in [-0.4, -0.2) is 33.3 Å². The maximum Gasteiger partial charge on any atom is 0.288 e. The van der Waals surface area contributed by atoms with Crippen LogP contribution in [-0.2, 0) is 0 Å². The maximum absolute atomic E-state index is 12.7. The van der Waals surface area contributed by atoms with Crippen molar-refractivity contribution in [1.29, 1.82) is 0 Å². The van der Waals surface area contributed by atoms with Gasteiger partial charge in [0.05, 0.1) is 10.5 Å². The molecule has 2 fully saturated rings. The van der Waals surface area contributed by atoms with Gasteiger partial charge in [0.2, 0.25) is 0 Å². The third-order valence-electron chi connectivity index (χ3n) is 4.54. The molecule has 0 radical (unpaired) electrons. The van der Waals surface area contributed by atoms with Gasteiger partial charge in [0, 0.05) is 18.7 Å². The van der Waals surface area contributed by atoms with Crippen LogP contribution in [0, 0.1) is 16.0 Å². The molecule has 2 atom stereocenters. The van der Waals surface area contributed by atoms with Crippen molar-refractivity contribution in [3.63, 3.8) is 0 Å². The highest BCUT2D eigenvalue weighted by molar-refractivity contribution is 6.32. The lowest BCUT2D eigenvalue weighted by atomic mass is 9.85. The average Bonchev–Trinajstić information content (AvgIpc) is 2.90. The number of carbonyl (C=O) groups is 1. The van der Waals surface area contributed by atoms with E-state index in [-0.39, 0.29) is 28.4 Å². The van der Waals surface area contributed by atoms with Crippen LogP contribution in [0.15, 0.2) is 12.3 Å². The molecule has 2 unspecified atom stereocenters. The SMILES string of the molecule is O=C(c1cc([N+](=O)[O-])cnc1Cl)N1CCC2CCCCC21. The summed E-state index contributed by atoms with van der Waals surface area (Å²) in [6.45, 7) is 0.702. The van der Waals surface area contributed by atoms with Gasteiger partial charge in [-0.1, -0.05) is 24.4 Å². The molecule has 0 N–H and O–H groups in total. The number of aromatic nitrogens is 1. The van der Waals surface area contributed by atoms with Crippen LogP contribution in [0.25, 0.3) is 0 Å². The van der Waals surface area contributed by atoms with Crippen molar-refractivity contribution in [2.45, 2.75) is 38.1 Å². The largest absolute Gasteiger partial charge is 0.335 e. The molecule has 6 nitrogen and oxygen atoms in total. The van der Waals surface area contributed by atoms with E-state index in [1.807, 2.05) is 4.90 Å². The Kier molecular flexibility index (Phi) is 3.80. The predicted molar refractivity (Wildman–Crippen MR) is 77.3 cm³/mol. The maximum atomic E-state index is 12.7. The van der Waals surface area contributed by atoms with Gasteiger partial charge in [-0.25, -0.2) is 4.98 Å². The van der Waals surface area contributed by atoms with Crippen molar-refractivity contribution in [2.75, 3.05) is 6.54 Å². The van der Waals surface area contributed by atoms with E-state index in [9.17, 15) is 14.9 Å². The van der Waals surface area contributed by atoms with E-state index in [0.29, 0.717) is 12.5 Å². The van der Waals surface area contributed by atoms with Gasteiger partial charge in [0.1, 0.15) is 11.3 Å². The van der Waals surface area contributed by atoms with Crippen LogP contribution in [0.4, 0.5) is 5.69 Å². The smallest absolute Gasteiger partial charge is 0.288 e. The minimum absolute atomic E-state index is 0.0323. The highest BCUT2D eigenvalue weighted by Gasteiger charge is 2.39. The fourth-order valence-corrected chi connectivity index (χ4v) is 3.68. The Bertz CT molecular complexity index is 593. The zero-order chi connectivity index (χ0) is 15.0. The van der Waals surface area contributed by atoms with Crippen LogP contribution in [0.2, 0.25) is 5.15 Å². The fourth-order valence-electron chi connectivity index (χ4n) is 3.50. The molecule has 0 spiro atoms. The molecule has 1 aliphatic heterocycles. The van der Waals surface area contributed by atoms with E-state index in [4.69, 9.17) is 11.6 Å². The van der Waals surface area contributed by atoms with Gasteiger partial charge in [0.15, 0.2) is 0 Å². The summed E-state index contributed by atoms with van der Waals surface area (Å²) in [5.74, 6) is 0.332. The van der Waals surface area contributed by atoms with Crippen LogP contribution in [0.1, 0.15) is 42.5 Å². The normalized spacial score (nSPS) is 24.7. The Morgan fingerprint density at radius 3 is 2.90 bits per heavy atom. The van der Waals surface area contributed by atoms with E-state index < -0.39 is 4.92 Å². The summed E-state index contributed by atoms with van der Waals surface area (Å²) >= 11 is 5.97. The molecule has 2 aliphatic rings. The Hall–Kier alpha value is -1.69. The highest BCUT2D eigenvalue weighted by atomic mass is 35.5. The number of hydrogen-bond acceptors (Lipinski definition) is 4.